The number of rotatable bonds is 11. The van der Waals surface area contributed by atoms with E-state index in [1.807, 2.05) is 6.07 Å². The summed E-state index contributed by atoms with van der Waals surface area (Å²) < 4.78 is 23.4. The van der Waals surface area contributed by atoms with Crippen LogP contribution in [0.15, 0.2) is 249 Å². The van der Waals surface area contributed by atoms with E-state index in [2.05, 4.69) is 277 Å². The lowest BCUT2D eigenvalue weighted by molar-refractivity contribution is 0.289. The van der Waals surface area contributed by atoms with E-state index in [0.29, 0.717) is 18.5 Å². The van der Waals surface area contributed by atoms with Crippen LogP contribution in [0.5, 0.6) is 11.5 Å². The lowest BCUT2D eigenvalue weighted by atomic mass is 10.1. The molecule has 0 aliphatic heterocycles. The second-order valence-corrected chi connectivity index (χ2v) is 20.3. The van der Waals surface area contributed by atoms with Crippen molar-refractivity contribution < 1.29 is 9.47 Å². The molecule has 0 N–H and O–H groups in total. The third-order valence-corrected chi connectivity index (χ3v) is 15.8. The smallest absolute Gasteiger partial charge is 0.123 e. The largest absolute Gasteiger partial charge is 0.489 e. The van der Waals surface area contributed by atoms with Gasteiger partial charge in [0.2, 0.25) is 0 Å². The van der Waals surface area contributed by atoms with Crippen LogP contribution < -0.4 is 9.47 Å². The summed E-state index contributed by atoms with van der Waals surface area (Å²) >= 11 is 3.78. The zero-order valence-electron chi connectivity index (χ0n) is 41.3. The number of nitrogens with zero attached hydrogens (tertiary/aromatic N) is 4. The summed E-state index contributed by atoms with van der Waals surface area (Å²) in [7, 11) is 0. The average Bonchev–Trinajstić information content (AvgIpc) is 4.22. The number of para-hydroxylation sites is 8. The van der Waals surface area contributed by atoms with Gasteiger partial charge in [-0.2, -0.15) is 0 Å². The highest BCUT2D eigenvalue weighted by atomic mass is 79.9. The standard InChI is InChI=1S/C69H47BrN4O2/c70-42-45-37-52(75-43-46-33-48(71-62-25-9-1-17-54(62)55-18-2-10-26-63(55)71)39-49(34-46)72-64-27-11-3-19-56(64)57-20-4-12-28-65(57)72)41-53(38-45)76-44-47-35-50(73-66-29-13-5-21-58(66)59-22-6-14-30-67(59)73)40-51(36-47)74-68-31-15-7-23-60(68)61-24-8-16-32-69(61)74/h1-41H,42-44H2. The van der Waals surface area contributed by atoms with Crippen LogP contribution in [0.3, 0.4) is 0 Å². The Labute approximate surface area is 446 Å². The van der Waals surface area contributed by atoms with Crippen LogP contribution in [0.1, 0.15) is 16.7 Å². The molecule has 4 aromatic heterocycles. The van der Waals surface area contributed by atoms with Crippen molar-refractivity contribution in [3.63, 3.8) is 0 Å². The normalized spacial score (nSPS) is 11.9. The molecule has 0 amide bonds. The number of alkyl halides is 1. The van der Waals surface area contributed by atoms with Gasteiger partial charge in [0, 0.05) is 77.2 Å². The fourth-order valence-electron chi connectivity index (χ4n) is 12.0. The molecule has 15 rings (SSSR count). The zero-order valence-corrected chi connectivity index (χ0v) is 42.9. The van der Waals surface area contributed by atoms with Crippen molar-refractivity contribution in [3.05, 3.63) is 265 Å². The van der Waals surface area contributed by atoms with Gasteiger partial charge in [0.25, 0.3) is 0 Å². The highest BCUT2D eigenvalue weighted by molar-refractivity contribution is 9.08. The SMILES string of the molecule is BrCc1cc(OCc2cc(-n3c4ccccc4c4ccccc43)cc(-n3c4ccccc4c4ccccc43)c2)cc(OCc2cc(-n3c4ccccc4c4ccccc43)cc(-n3c4ccccc4c4ccccc43)c2)c1. The van der Waals surface area contributed by atoms with Gasteiger partial charge in [0.15, 0.2) is 0 Å². The summed E-state index contributed by atoms with van der Waals surface area (Å²) in [5, 5.41) is 10.4. The number of ether oxygens (including phenoxy) is 2. The lowest BCUT2D eigenvalue weighted by Crippen LogP contribution is -2.04. The minimum absolute atomic E-state index is 0.337. The molecule has 11 aromatic carbocycles. The van der Waals surface area contributed by atoms with E-state index < -0.39 is 0 Å². The van der Waals surface area contributed by atoms with Crippen LogP contribution in [0.25, 0.3) is 110 Å². The predicted octanol–water partition coefficient (Wildman–Crippen LogP) is 18.1. The first-order valence-corrected chi connectivity index (χ1v) is 26.9. The highest BCUT2D eigenvalue weighted by Crippen LogP contribution is 2.39. The predicted molar refractivity (Wildman–Crippen MR) is 318 cm³/mol. The van der Waals surface area contributed by atoms with E-state index in [0.717, 1.165) is 95.1 Å². The molecule has 0 saturated heterocycles. The second-order valence-electron chi connectivity index (χ2n) is 19.7. The fraction of sp³-hybridized carbons (Fsp3) is 0.0435. The molecule has 6 nitrogen and oxygen atoms in total. The first-order chi connectivity index (χ1) is 37.6. The van der Waals surface area contributed by atoms with Crippen LogP contribution in [0, 0.1) is 0 Å². The molecule has 0 radical (unpaired) electrons. The van der Waals surface area contributed by atoms with Crippen LogP contribution in [0.4, 0.5) is 0 Å². The van der Waals surface area contributed by atoms with Crippen molar-refractivity contribution in [2.24, 2.45) is 0 Å². The first kappa shape index (κ1) is 44.2. The topological polar surface area (TPSA) is 38.2 Å². The second kappa shape index (κ2) is 18.0. The molecule has 7 heteroatoms. The number of hydrogen-bond donors (Lipinski definition) is 0. The molecule has 0 saturated carbocycles. The molecule has 0 unspecified atom stereocenters. The van der Waals surface area contributed by atoms with E-state index in [4.69, 9.17) is 9.47 Å². The molecule has 362 valence electrons. The van der Waals surface area contributed by atoms with Crippen molar-refractivity contribution >= 4 is 103 Å². The third-order valence-electron chi connectivity index (χ3n) is 15.2. The van der Waals surface area contributed by atoms with Gasteiger partial charge in [0.1, 0.15) is 24.7 Å². The molecule has 0 fully saturated rings. The summed E-state index contributed by atoms with van der Waals surface area (Å²) in [6, 6.07) is 89.5. The maximum Gasteiger partial charge on any atom is 0.123 e. The van der Waals surface area contributed by atoms with Crippen molar-refractivity contribution in [3.8, 4) is 34.2 Å². The van der Waals surface area contributed by atoms with Crippen molar-refractivity contribution in [2.45, 2.75) is 18.5 Å². The van der Waals surface area contributed by atoms with Crippen molar-refractivity contribution in [1.29, 1.82) is 0 Å². The van der Waals surface area contributed by atoms with E-state index in [9.17, 15) is 0 Å². The van der Waals surface area contributed by atoms with Gasteiger partial charge in [-0.1, -0.05) is 162 Å². The molecule has 0 bridgehead atoms. The van der Waals surface area contributed by atoms with Crippen molar-refractivity contribution in [2.75, 3.05) is 0 Å². The van der Waals surface area contributed by atoms with E-state index in [1.54, 1.807) is 0 Å². The Balaban J connectivity index is 0.821. The summed E-state index contributed by atoms with van der Waals surface area (Å²) in [6.07, 6.45) is 0. The Morgan fingerprint density at radius 3 is 0.697 bits per heavy atom. The number of aromatic nitrogens is 4. The third kappa shape index (κ3) is 7.22. The molecule has 15 aromatic rings. The molecule has 76 heavy (non-hydrogen) atoms. The van der Waals surface area contributed by atoms with Crippen LogP contribution >= 0.6 is 15.9 Å². The Morgan fingerprint density at radius 1 is 0.250 bits per heavy atom. The van der Waals surface area contributed by atoms with Crippen LogP contribution in [-0.4, -0.2) is 18.3 Å². The van der Waals surface area contributed by atoms with Crippen LogP contribution in [-0.2, 0) is 18.5 Å². The first-order valence-electron chi connectivity index (χ1n) is 25.8. The molecule has 0 spiro atoms. The highest BCUT2D eigenvalue weighted by Gasteiger charge is 2.20. The van der Waals surface area contributed by atoms with Gasteiger partial charge >= 0.3 is 0 Å². The molecule has 0 atom stereocenters. The number of halogens is 1. The Bertz CT molecular complexity index is 4010. The quantitative estimate of drug-likeness (QED) is 0.121. The summed E-state index contributed by atoms with van der Waals surface area (Å²) in [5.74, 6) is 1.47. The average molecular weight is 1040 g/mol. The van der Waals surface area contributed by atoms with Gasteiger partial charge in [-0.05, 0) is 114 Å². The van der Waals surface area contributed by atoms with Gasteiger partial charge in [-0.15, -0.1) is 0 Å². The maximum absolute atomic E-state index is 6.90. The van der Waals surface area contributed by atoms with Gasteiger partial charge < -0.3 is 27.7 Å². The minimum atomic E-state index is 0.337. The minimum Gasteiger partial charge on any atom is -0.489 e. The molecule has 4 heterocycles. The Morgan fingerprint density at radius 2 is 0.474 bits per heavy atom. The molecule has 0 aliphatic carbocycles. The number of hydrogen-bond acceptors (Lipinski definition) is 2. The molecule has 0 aliphatic rings. The van der Waals surface area contributed by atoms with Gasteiger partial charge in [0.05, 0.1) is 44.1 Å². The lowest BCUT2D eigenvalue weighted by Gasteiger charge is -2.17. The van der Waals surface area contributed by atoms with Gasteiger partial charge in [-0.25, -0.2) is 0 Å². The van der Waals surface area contributed by atoms with E-state index >= 15 is 0 Å². The molecular formula is C69H47BrN4O2. The molecular weight excluding hydrogens is 997 g/mol. The summed E-state index contributed by atoms with van der Waals surface area (Å²) in [6.45, 7) is 0.673. The van der Waals surface area contributed by atoms with E-state index in [-0.39, 0.29) is 0 Å². The number of benzene rings is 11. The Hall–Kier alpha value is -9.30. The van der Waals surface area contributed by atoms with Crippen LogP contribution in [0.2, 0.25) is 0 Å². The van der Waals surface area contributed by atoms with E-state index in [1.165, 1.54) is 43.1 Å². The number of fused-ring (bicyclic) bond motifs is 12. The maximum atomic E-state index is 6.90. The monoisotopic (exact) mass is 1040 g/mol. The summed E-state index contributed by atoms with van der Waals surface area (Å²) in [4.78, 5) is 0. The van der Waals surface area contributed by atoms with Crippen molar-refractivity contribution in [1.82, 2.24) is 18.3 Å². The van der Waals surface area contributed by atoms with Gasteiger partial charge in [-0.3, -0.25) is 0 Å². The summed E-state index contributed by atoms with van der Waals surface area (Å²) in [5.41, 5.74) is 16.7. The zero-order chi connectivity index (χ0) is 50.3. The fourth-order valence-corrected chi connectivity index (χ4v) is 12.3. The Kier molecular flexibility index (Phi) is 10.5.